The number of amidine groups is 1. The van der Waals surface area contributed by atoms with Gasteiger partial charge in [0.05, 0.1) is 13.0 Å². The van der Waals surface area contributed by atoms with Gasteiger partial charge >= 0.3 is 6.03 Å². The van der Waals surface area contributed by atoms with Gasteiger partial charge in [0.15, 0.2) is 0 Å². The van der Waals surface area contributed by atoms with Gasteiger partial charge < -0.3 is 27.0 Å². The molecule has 1 atom stereocenters. The highest BCUT2D eigenvalue weighted by atomic mass is 35.5. The normalized spacial score (nSPS) is 13.6. The number of anilines is 2. The standard InChI is InChI=1S/C20H21ClN6O3/c21-13-3-7-15(8-4-13)26-20(30)27-16(11-17(22)28)19(29)25-14-5-1-12(2-6-14)18-23-9-10-24-18/h1-8,16H,9-11H2,(H2,22,28)(H,23,24)(H,25,29)(H2,26,27,30). The van der Waals surface area contributed by atoms with E-state index in [1.165, 1.54) is 0 Å². The van der Waals surface area contributed by atoms with E-state index in [0.717, 1.165) is 24.5 Å². The Labute approximate surface area is 178 Å². The van der Waals surface area contributed by atoms with Gasteiger partial charge in [-0.2, -0.15) is 0 Å². The Kier molecular flexibility index (Phi) is 6.87. The fourth-order valence-corrected chi connectivity index (χ4v) is 2.93. The van der Waals surface area contributed by atoms with Crippen LogP contribution in [0.15, 0.2) is 53.5 Å². The van der Waals surface area contributed by atoms with Gasteiger partial charge in [-0.25, -0.2) is 4.79 Å². The zero-order chi connectivity index (χ0) is 21.5. The molecule has 0 aliphatic carbocycles. The van der Waals surface area contributed by atoms with E-state index in [2.05, 4.69) is 26.3 Å². The Morgan fingerprint density at radius 1 is 1.03 bits per heavy atom. The van der Waals surface area contributed by atoms with Gasteiger partial charge in [-0.05, 0) is 48.5 Å². The van der Waals surface area contributed by atoms with Crippen LogP contribution in [0.4, 0.5) is 16.2 Å². The molecule has 1 aliphatic rings. The second-order valence-corrected chi connectivity index (χ2v) is 6.99. The molecule has 0 radical (unpaired) electrons. The van der Waals surface area contributed by atoms with E-state index in [9.17, 15) is 14.4 Å². The van der Waals surface area contributed by atoms with Crippen molar-refractivity contribution >= 4 is 46.7 Å². The summed E-state index contributed by atoms with van der Waals surface area (Å²) in [6.07, 6.45) is -0.349. The summed E-state index contributed by atoms with van der Waals surface area (Å²) >= 11 is 5.81. The number of benzene rings is 2. The smallest absolute Gasteiger partial charge is 0.319 e. The summed E-state index contributed by atoms with van der Waals surface area (Å²) in [5.74, 6) is -0.480. The van der Waals surface area contributed by atoms with E-state index in [4.69, 9.17) is 17.3 Å². The second kappa shape index (κ2) is 9.75. The number of carbonyl (C=O) groups is 3. The third-order valence-electron chi connectivity index (χ3n) is 4.23. The Morgan fingerprint density at radius 2 is 1.67 bits per heavy atom. The maximum absolute atomic E-state index is 12.6. The Balaban J connectivity index is 1.62. The molecular weight excluding hydrogens is 408 g/mol. The maximum Gasteiger partial charge on any atom is 0.319 e. The number of rotatable bonds is 7. The molecule has 0 spiro atoms. The first-order chi connectivity index (χ1) is 14.4. The maximum atomic E-state index is 12.6. The van der Waals surface area contributed by atoms with Crippen LogP contribution in [0.1, 0.15) is 12.0 Å². The van der Waals surface area contributed by atoms with Crippen molar-refractivity contribution < 1.29 is 14.4 Å². The SMILES string of the molecule is NC(=O)CC(NC(=O)Nc1ccc(Cl)cc1)C(=O)Nc1ccc(C2=NCCN2)cc1. The molecule has 10 heteroatoms. The van der Waals surface area contributed by atoms with Crippen LogP contribution in [-0.2, 0) is 9.59 Å². The fraction of sp³-hybridized carbons (Fsp3) is 0.200. The van der Waals surface area contributed by atoms with E-state index in [-0.39, 0.29) is 6.42 Å². The minimum Gasteiger partial charge on any atom is -0.370 e. The molecule has 0 aromatic heterocycles. The number of carbonyl (C=O) groups excluding carboxylic acids is 3. The van der Waals surface area contributed by atoms with Gasteiger partial charge in [-0.3, -0.25) is 14.6 Å². The van der Waals surface area contributed by atoms with Gasteiger partial charge in [0.1, 0.15) is 11.9 Å². The van der Waals surface area contributed by atoms with Crippen LogP contribution in [0.3, 0.4) is 0 Å². The van der Waals surface area contributed by atoms with Gasteiger partial charge in [-0.1, -0.05) is 11.6 Å². The number of hydrogen-bond acceptors (Lipinski definition) is 5. The van der Waals surface area contributed by atoms with Crippen molar-refractivity contribution in [2.45, 2.75) is 12.5 Å². The predicted octanol–water partition coefficient (Wildman–Crippen LogP) is 1.69. The van der Waals surface area contributed by atoms with Crippen molar-refractivity contribution in [3.63, 3.8) is 0 Å². The lowest BCUT2D eigenvalue weighted by atomic mass is 10.1. The Morgan fingerprint density at radius 3 is 2.27 bits per heavy atom. The molecule has 9 nitrogen and oxygen atoms in total. The molecule has 4 amide bonds. The zero-order valence-corrected chi connectivity index (χ0v) is 16.7. The van der Waals surface area contributed by atoms with Gasteiger partial charge in [0.2, 0.25) is 11.8 Å². The second-order valence-electron chi connectivity index (χ2n) is 6.55. The molecule has 2 aromatic rings. The highest BCUT2D eigenvalue weighted by molar-refractivity contribution is 6.30. The molecular formula is C20H21ClN6O3. The molecule has 6 N–H and O–H groups in total. The van der Waals surface area contributed by atoms with Crippen LogP contribution in [0, 0.1) is 0 Å². The molecule has 156 valence electrons. The summed E-state index contributed by atoms with van der Waals surface area (Å²) in [5.41, 5.74) is 7.13. The number of nitrogens with zero attached hydrogens (tertiary/aromatic N) is 1. The molecule has 0 saturated heterocycles. The molecule has 1 aliphatic heterocycles. The third kappa shape index (κ3) is 5.95. The summed E-state index contributed by atoms with van der Waals surface area (Å²) in [6, 6.07) is 11.7. The zero-order valence-electron chi connectivity index (χ0n) is 15.9. The summed E-state index contributed by atoms with van der Waals surface area (Å²) in [4.78, 5) is 40.5. The van der Waals surface area contributed by atoms with E-state index in [0.29, 0.717) is 16.4 Å². The molecule has 1 unspecified atom stereocenters. The van der Waals surface area contributed by atoms with Crippen LogP contribution < -0.4 is 27.0 Å². The van der Waals surface area contributed by atoms with Crippen molar-refractivity contribution in [2.24, 2.45) is 10.7 Å². The largest absolute Gasteiger partial charge is 0.370 e. The predicted molar refractivity (Wildman–Crippen MR) is 116 cm³/mol. The number of primary amides is 1. The van der Waals surface area contributed by atoms with Crippen LogP contribution in [0.5, 0.6) is 0 Å². The van der Waals surface area contributed by atoms with Crippen LogP contribution in [-0.4, -0.2) is 42.8 Å². The number of amides is 4. The number of urea groups is 1. The van der Waals surface area contributed by atoms with Gasteiger partial charge in [0, 0.05) is 28.5 Å². The molecule has 0 fully saturated rings. The molecule has 1 heterocycles. The first-order valence-electron chi connectivity index (χ1n) is 9.22. The molecule has 0 bridgehead atoms. The first-order valence-corrected chi connectivity index (χ1v) is 9.59. The number of hydrogen-bond donors (Lipinski definition) is 5. The summed E-state index contributed by atoms with van der Waals surface area (Å²) in [6.45, 7) is 1.53. The van der Waals surface area contributed by atoms with Crippen molar-refractivity contribution in [3.05, 3.63) is 59.1 Å². The molecule has 30 heavy (non-hydrogen) atoms. The monoisotopic (exact) mass is 428 g/mol. The Bertz CT molecular complexity index is 960. The van der Waals surface area contributed by atoms with Gasteiger partial charge in [0.25, 0.3) is 0 Å². The van der Waals surface area contributed by atoms with Crippen molar-refractivity contribution in [2.75, 3.05) is 23.7 Å². The average Bonchev–Trinajstić information content (AvgIpc) is 3.24. The van der Waals surface area contributed by atoms with Crippen molar-refractivity contribution in [1.82, 2.24) is 10.6 Å². The summed E-state index contributed by atoms with van der Waals surface area (Å²) < 4.78 is 0. The van der Waals surface area contributed by atoms with Crippen LogP contribution in [0.2, 0.25) is 5.02 Å². The fourth-order valence-electron chi connectivity index (χ4n) is 2.80. The van der Waals surface area contributed by atoms with E-state index < -0.39 is 23.9 Å². The lowest BCUT2D eigenvalue weighted by Gasteiger charge is -2.18. The van der Waals surface area contributed by atoms with E-state index in [1.54, 1.807) is 36.4 Å². The number of nitrogens with one attached hydrogen (secondary N) is 4. The minimum absolute atomic E-state index is 0.349. The molecule has 0 saturated carbocycles. The molecule has 2 aromatic carbocycles. The topological polar surface area (TPSA) is 138 Å². The quantitative estimate of drug-likeness (QED) is 0.458. The Hall–Kier alpha value is -3.59. The highest BCUT2D eigenvalue weighted by Gasteiger charge is 2.23. The average molecular weight is 429 g/mol. The number of nitrogens with two attached hydrogens (primary N) is 1. The highest BCUT2D eigenvalue weighted by Crippen LogP contribution is 2.14. The van der Waals surface area contributed by atoms with E-state index >= 15 is 0 Å². The first kappa shape index (κ1) is 21.1. The van der Waals surface area contributed by atoms with E-state index in [1.807, 2.05) is 12.1 Å². The van der Waals surface area contributed by atoms with Crippen molar-refractivity contribution in [3.8, 4) is 0 Å². The number of halogens is 1. The van der Waals surface area contributed by atoms with Crippen molar-refractivity contribution in [1.29, 1.82) is 0 Å². The summed E-state index contributed by atoms with van der Waals surface area (Å²) in [7, 11) is 0. The van der Waals surface area contributed by atoms with Crippen LogP contribution in [0.25, 0.3) is 0 Å². The number of aliphatic imine (C=N–C) groups is 1. The summed E-state index contributed by atoms with van der Waals surface area (Å²) in [5, 5.41) is 11.4. The van der Waals surface area contributed by atoms with Crippen LogP contribution >= 0.6 is 11.6 Å². The third-order valence-corrected chi connectivity index (χ3v) is 4.48. The lowest BCUT2D eigenvalue weighted by Crippen LogP contribution is -2.47. The molecule has 3 rings (SSSR count). The van der Waals surface area contributed by atoms with Gasteiger partial charge in [-0.15, -0.1) is 0 Å². The minimum atomic E-state index is -1.14. The lowest BCUT2D eigenvalue weighted by molar-refractivity contribution is -0.123.